The number of unbranched alkanes of at least 4 members (excludes halogenated alkanes) is 2. The Bertz CT molecular complexity index is 629. The maximum atomic E-state index is 11.8. The van der Waals surface area contributed by atoms with E-state index in [1.54, 1.807) is 5.38 Å². The number of hydrogen-bond acceptors (Lipinski definition) is 6. The summed E-state index contributed by atoms with van der Waals surface area (Å²) in [6.07, 6.45) is 3.40. The van der Waals surface area contributed by atoms with Crippen LogP contribution in [-0.2, 0) is 0 Å². The topological polar surface area (TPSA) is 76.1 Å². The number of thiocarbonyl (C=S) groups is 1. The van der Waals surface area contributed by atoms with Crippen molar-refractivity contribution in [3.05, 3.63) is 35.3 Å². The Labute approximate surface area is 144 Å². The summed E-state index contributed by atoms with van der Waals surface area (Å²) in [6, 6.07) is 7.42. The number of nitrogens with one attached hydrogen (secondary N) is 2. The number of rotatable bonds is 7. The molecule has 0 saturated carbocycles. The van der Waals surface area contributed by atoms with Crippen molar-refractivity contribution in [2.24, 2.45) is 0 Å². The minimum atomic E-state index is -0.382. The average molecular weight is 350 g/mol. The third-order valence-corrected chi connectivity index (χ3v) is 3.66. The van der Waals surface area contributed by atoms with Crippen LogP contribution in [0.25, 0.3) is 0 Å². The van der Waals surface area contributed by atoms with Gasteiger partial charge in [0.25, 0.3) is 5.91 Å². The van der Waals surface area contributed by atoms with Gasteiger partial charge in [-0.05, 0) is 54.4 Å². The first kappa shape index (κ1) is 17.3. The Balaban J connectivity index is 1.78. The second-order valence-electron chi connectivity index (χ2n) is 4.78. The molecule has 122 valence electrons. The number of ether oxygens (including phenoxy) is 1. The highest BCUT2D eigenvalue weighted by molar-refractivity contribution is 7.80. The van der Waals surface area contributed by atoms with Crippen LogP contribution < -0.4 is 15.4 Å². The van der Waals surface area contributed by atoms with E-state index in [-0.39, 0.29) is 16.7 Å². The SMILES string of the molecule is CCCCCOc1ccc(NC(=S)NC(=O)c2csnn2)cc1. The summed E-state index contributed by atoms with van der Waals surface area (Å²) in [4.78, 5) is 11.8. The van der Waals surface area contributed by atoms with Crippen LogP contribution in [0.3, 0.4) is 0 Å². The van der Waals surface area contributed by atoms with Crippen molar-refractivity contribution in [3.8, 4) is 5.75 Å². The highest BCUT2D eigenvalue weighted by Gasteiger charge is 2.10. The van der Waals surface area contributed by atoms with E-state index in [4.69, 9.17) is 17.0 Å². The lowest BCUT2D eigenvalue weighted by atomic mass is 10.2. The molecule has 1 amide bonds. The number of hydrogen-bond donors (Lipinski definition) is 2. The summed E-state index contributed by atoms with van der Waals surface area (Å²) in [5.41, 5.74) is 1.02. The first-order valence-electron chi connectivity index (χ1n) is 7.31. The van der Waals surface area contributed by atoms with Crippen molar-refractivity contribution < 1.29 is 9.53 Å². The lowest BCUT2D eigenvalue weighted by molar-refractivity contribution is 0.0973. The second kappa shape index (κ2) is 9.16. The van der Waals surface area contributed by atoms with Gasteiger partial charge in [-0.15, -0.1) is 5.10 Å². The van der Waals surface area contributed by atoms with Gasteiger partial charge in [-0.3, -0.25) is 10.1 Å². The predicted molar refractivity (Wildman–Crippen MR) is 95.1 cm³/mol. The normalized spacial score (nSPS) is 10.1. The van der Waals surface area contributed by atoms with Gasteiger partial charge < -0.3 is 10.1 Å². The van der Waals surface area contributed by atoms with Gasteiger partial charge in [-0.25, -0.2) is 0 Å². The van der Waals surface area contributed by atoms with Crippen LogP contribution >= 0.6 is 23.8 Å². The molecule has 0 unspecified atom stereocenters. The van der Waals surface area contributed by atoms with Crippen molar-refractivity contribution in [2.45, 2.75) is 26.2 Å². The van der Waals surface area contributed by atoms with Crippen molar-refractivity contribution >= 4 is 40.5 Å². The lowest BCUT2D eigenvalue weighted by Crippen LogP contribution is -2.34. The molecule has 0 aliphatic carbocycles. The molecule has 0 fully saturated rings. The quantitative estimate of drug-likeness (QED) is 0.590. The Morgan fingerprint density at radius 2 is 2.09 bits per heavy atom. The van der Waals surface area contributed by atoms with Crippen LogP contribution in [0.1, 0.15) is 36.7 Å². The number of aromatic nitrogens is 2. The zero-order chi connectivity index (χ0) is 16.5. The molecule has 1 aromatic carbocycles. The molecule has 0 atom stereocenters. The van der Waals surface area contributed by atoms with Crippen LogP contribution in [-0.4, -0.2) is 27.2 Å². The van der Waals surface area contributed by atoms with Crippen LogP contribution in [0.2, 0.25) is 0 Å². The zero-order valence-corrected chi connectivity index (χ0v) is 14.4. The zero-order valence-electron chi connectivity index (χ0n) is 12.7. The maximum Gasteiger partial charge on any atom is 0.278 e. The molecule has 1 aromatic heterocycles. The second-order valence-corrected chi connectivity index (χ2v) is 5.80. The Morgan fingerprint density at radius 1 is 1.30 bits per heavy atom. The number of anilines is 1. The Morgan fingerprint density at radius 3 is 2.74 bits per heavy atom. The predicted octanol–water partition coefficient (Wildman–Crippen LogP) is 3.23. The molecule has 0 spiro atoms. The molecule has 1 heterocycles. The molecule has 2 rings (SSSR count). The van der Waals surface area contributed by atoms with Crippen LogP contribution in [0.15, 0.2) is 29.6 Å². The molecule has 0 aliphatic heterocycles. The van der Waals surface area contributed by atoms with Gasteiger partial charge in [-0.1, -0.05) is 24.3 Å². The van der Waals surface area contributed by atoms with Gasteiger partial charge in [0.2, 0.25) is 0 Å². The summed E-state index contributed by atoms with van der Waals surface area (Å²) in [7, 11) is 0. The van der Waals surface area contributed by atoms with Crippen molar-refractivity contribution in [1.82, 2.24) is 14.9 Å². The van der Waals surface area contributed by atoms with E-state index in [9.17, 15) is 4.79 Å². The van der Waals surface area contributed by atoms with Gasteiger partial charge in [0, 0.05) is 11.1 Å². The minimum absolute atomic E-state index is 0.208. The smallest absolute Gasteiger partial charge is 0.278 e. The molecule has 0 aliphatic rings. The molecule has 0 radical (unpaired) electrons. The molecule has 0 bridgehead atoms. The molecular formula is C15H18N4O2S2. The number of amides is 1. The summed E-state index contributed by atoms with van der Waals surface area (Å²) in [5, 5.41) is 10.9. The fourth-order valence-corrected chi connectivity index (χ4v) is 2.42. The molecule has 6 nitrogen and oxygen atoms in total. The van der Waals surface area contributed by atoms with E-state index < -0.39 is 0 Å². The highest BCUT2D eigenvalue weighted by atomic mass is 32.1. The number of carbonyl (C=O) groups excluding carboxylic acids is 1. The van der Waals surface area contributed by atoms with Gasteiger partial charge >= 0.3 is 0 Å². The van der Waals surface area contributed by atoms with E-state index in [0.717, 1.165) is 36.0 Å². The van der Waals surface area contributed by atoms with E-state index in [1.165, 1.54) is 12.8 Å². The van der Waals surface area contributed by atoms with E-state index in [2.05, 4.69) is 27.1 Å². The van der Waals surface area contributed by atoms with E-state index in [1.807, 2.05) is 24.3 Å². The third kappa shape index (κ3) is 5.91. The number of benzene rings is 1. The van der Waals surface area contributed by atoms with Gasteiger partial charge in [0.1, 0.15) is 5.75 Å². The summed E-state index contributed by atoms with van der Waals surface area (Å²) in [6.45, 7) is 2.88. The Kier molecular flexibility index (Phi) is 6.89. The van der Waals surface area contributed by atoms with Crippen molar-refractivity contribution in [2.75, 3.05) is 11.9 Å². The van der Waals surface area contributed by atoms with Crippen LogP contribution in [0.5, 0.6) is 5.75 Å². The Hall–Kier alpha value is -2.06. The highest BCUT2D eigenvalue weighted by Crippen LogP contribution is 2.16. The number of carbonyl (C=O) groups is 1. The summed E-state index contributed by atoms with van der Waals surface area (Å²) >= 11 is 6.21. The number of nitrogens with zero attached hydrogens (tertiary/aromatic N) is 2. The maximum absolute atomic E-state index is 11.8. The van der Waals surface area contributed by atoms with Crippen molar-refractivity contribution in [1.29, 1.82) is 0 Å². The molecular weight excluding hydrogens is 332 g/mol. The molecule has 23 heavy (non-hydrogen) atoms. The first-order chi connectivity index (χ1) is 11.2. The van der Waals surface area contributed by atoms with Gasteiger partial charge in [0.15, 0.2) is 10.8 Å². The molecule has 0 saturated heterocycles. The molecule has 8 heteroatoms. The van der Waals surface area contributed by atoms with Crippen LogP contribution in [0, 0.1) is 0 Å². The first-order valence-corrected chi connectivity index (χ1v) is 8.55. The largest absolute Gasteiger partial charge is 0.494 e. The monoisotopic (exact) mass is 350 g/mol. The fourth-order valence-electron chi connectivity index (χ4n) is 1.77. The average Bonchev–Trinajstić information content (AvgIpc) is 3.07. The molecule has 2 N–H and O–H groups in total. The van der Waals surface area contributed by atoms with E-state index in [0.29, 0.717) is 0 Å². The van der Waals surface area contributed by atoms with E-state index >= 15 is 0 Å². The van der Waals surface area contributed by atoms with Crippen molar-refractivity contribution in [3.63, 3.8) is 0 Å². The summed E-state index contributed by atoms with van der Waals surface area (Å²) < 4.78 is 9.27. The van der Waals surface area contributed by atoms with Crippen LogP contribution in [0.4, 0.5) is 5.69 Å². The molecule has 2 aromatic rings. The lowest BCUT2D eigenvalue weighted by Gasteiger charge is -2.10. The fraction of sp³-hybridized carbons (Fsp3) is 0.333. The summed E-state index contributed by atoms with van der Waals surface area (Å²) in [5.74, 6) is 0.433. The standard InChI is InChI=1S/C15H18N4O2S2/c1-2-3-4-9-21-12-7-5-11(6-8-12)16-15(22)17-14(20)13-10-23-19-18-13/h5-8,10H,2-4,9H2,1H3,(H2,16,17,20,22). The third-order valence-electron chi connectivity index (χ3n) is 2.95. The minimum Gasteiger partial charge on any atom is -0.494 e. The van der Waals surface area contributed by atoms with Gasteiger partial charge in [0.05, 0.1) is 6.61 Å². The van der Waals surface area contributed by atoms with Gasteiger partial charge in [-0.2, -0.15) is 0 Å².